The number of hydrogen-bond donors (Lipinski definition) is 2. The molecule has 1 heterocycles. The van der Waals surface area contributed by atoms with E-state index in [4.69, 9.17) is 5.11 Å². The molecule has 1 atom stereocenters. The minimum atomic E-state index is -0.891. The largest absolute Gasteiger partial charge is 0.481 e. The predicted octanol–water partition coefficient (Wildman–Crippen LogP) is 1.24. The van der Waals surface area contributed by atoms with E-state index in [9.17, 15) is 9.59 Å². The van der Waals surface area contributed by atoms with Crippen LogP contribution in [0, 0.1) is 0 Å². The van der Waals surface area contributed by atoms with E-state index in [1.54, 1.807) is 0 Å². The van der Waals surface area contributed by atoms with Gasteiger partial charge in [0, 0.05) is 13.1 Å². The molecule has 1 fully saturated rings. The van der Waals surface area contributed by atoms with E-state index in [1.165, 1.54) is 5.56 Å². The first kappa shape index (κ1) is 14.5. The zero-order chi connectivity index (χ0) is 14.4. The van der Waals surface area contributed by atoms with Crippen LogP contribution >= 0.6 is 0 Å². The number of rotatable bonds is 6. The van der Waals surface area contributed by atoms with E-state index in [-0.39, 0.29) is 24.9 Å². The Morgan fingerprint density at radius 3 is 2.75 bits per heavy atom. The van der Waals surface area contributed by atoms with Crippen LogP contribution in [0.15, 0.2) is 30.3 Å². The van der Waals surface area contributed by atoms with Gasteiger partial charge < -0.3 is 10.4 Å². The minimum absolute atomic E-state index is 0.0306. The molecule has 1 aliphatic rings. The summed E-state index contributed by atoms with van der Waals surface area (Å²) >= 11 is 0. The molecule has 1 aromatic carbocycles. The van der Waals surface area contributed by atoms with E-state index >= 15 is 0 Å². The van der Waals surface area contributed by atoms with Gasteiger partial charge in [0.15, 0.2) is 0 Å². The van der Waals surface area contributed by atoms with Crippen LogP contribution in [0.25, 0.3) is 0 Å². The van der Waals surface area contributed by atoms with Crippen molar-refractivity contribution in [1.82, 2.24) is 10.2 Å². The van der Waals surface area contributed by atoms with Crippen LogP contribution in [-0.2, 0) is 16.1 Å². The number of carbonyl (C=O) groups is 2. The monoisotopic (exact) mass is 276 g/mol. The first-order valence-electron chi connectivity index (χ1n) is 6.94. The lowest BCUT2D eigenvalue weighted by Crippen LogP contribution is -2.43. The smallest absolute Gasteiger partial charge is 0.305 e. The van der Waals surface area contributed by atoms with Gasteiger partial charge in [0.05, 0.1) is 12.5 Å². The number of nitrogens with one attached hydrogen (secondary N) is 1. The molecule has 0 spiro atoms. The average molecular weight is 276 g/mol. The molecule has 108 valence electrons. The molecule has 1 saturated heterocycles. The van der Waals surface area contributed by atoms with Gasteiger partial charge in [-0.1, -0.05) is 30.3 Å². The van der Waals surface area contributed by atoms with Crippen molar-refractivity contribution in [1.29, 1.82) is 0 Å². The van der Waals surface area contributed by atoms with Crippen LogP contribution in [0.1, 0.15) is 24.8 Å². The van der Waals surface area contributed by atoms with Crippen LogP contribution in [0.3, 0.4) is 0 Å². The van der Waals surface area contributed by atoms with E-state index < -0.39 is 5.97 Å². The Kier molecular flexibility index (Phi) is 5.12. The summed E-state index contributed by atoms with van der Waals surface area (Å²) in [6.07, 6.45) is 1.81. The number of carbonyl (C=O) groups excluding carboxylic acids is 1. The molecule has 1 aliphatic heterocycles. The van der Waals surface area contributed by atoms with Gasteiger partial charge in [0.2, 0.25) is 5.91 Å². The SMILES string of the molecule is O=C(O)CCNC(=O)[C@@H]1CCCN1Cc1ccccc1. The molecule has 0 saturated carbocycles. The second kappa shape index (κ2) is 7.05. The number of hydrogen-bond acceptors (Lipinski definition) is 3. The highest BCUT2D eigenvalue weighted by Gasteiger charge is 2.30. The summed E-state index contributed by atoms with van der Waals surface area (Å²) in [4.78, 5) is 24.7. The highest BCUT2D eigenvalue weighted by molar-refractivity contribution is 5.82. The molecular weight excluding hydrogens is 256 g/mol. The zero-order valence-electron chi connectivity index (χ0n) is 11.4. The normalized spacial score (nSPS) is 18.9. The summed E-state index contributed by atoms with van der Waals surface area (Å²) in [5.41, 5.74) is 1.19. The molecular formula is C15H20N2O3. The van der Waals surface area contributed by atoms with Crippen molar-refractivity contribution in [2.24, 2.45) is 0 Å². The van der Waals surface area contributed by atoms with E-state index in [0.29, 0.717) is 0 Å². The van der Waals surface area contributed by atoms with Crippen molar-refractivity contribution in [2.75, 3.05) is 13.1 Å². The summed E-state index contributed by atoms with van der Waals surface area (Å²) in [6, 6.07) is 9.93. The maximum atomic E-state index is 12.1. The number of carboxylic acid groups (broad SMARTS) is 1. The first-order valence-corrected chi connectivity index (χ1v) is 6.94. The molecule has 20 heavy (non-hydrogen) atoms. The molecule has 0 unspecified atom stereocenters. The number of amides is 1. The Morgan fingerprint density at radius 2 is 2.05 bits per heavy atom. The average Bonchev–Trinajstić information content (AvgIpc) is 2.87. The van der Waals surface area contributed by atoms with Crippen molar-refractivity contribution >= 4 is 11.9 Å². The Balaban J connectivity index is 1.87. The molecule has 1 amide bonds. The topological polar surface area (TPSA) is 69.6 Å². The van der Waals surface area contributed by atoms with Gasteiger partial charge in [-0.2, -0.15) is 0 Å². The number of benzene rings is 1. The lowest BCUT2D eigenvalue weighted by atomic mass is 10.1. The molecule has 0 aromatic heterocycles. The second-order valence-electron chi connectivity index (χ2n) is 5.05. The molecule has 0 bridgehead atoms. The molecule has 0 aliphatic carbocycles. The van der Waals surface area contributed by atoms with Crippen molar-refractivity contribution in [3.8, 4) is 0 Å². The third kappa shape index (κ3) is 4.06. The standard InChI is InChI=1S/C15H20N2O3/c18-14(19)8-9-16-15(20)13-7-4-10-17(13)11-12-5-2-1-3-6-12/h1-3,5-6,13H,4,7-11H2,(H,16,20)(H,18,19)/t13-/m0/s1. The van der Waals surface area contributed by atoms with E-state index in [0.717, 1.165) is 25.9 Å². The molecule has 5 nitrogen and oxygen atoms in total. The summed E-state index contributed by atoms with van der Waals surface area (Å²) in [7, 11) is 0. The van der Waals surface area contributed by atoms with Gasteiger partial charge in [-0.05, 0) is 24.9 Å². The predicted molar refractivity (Wildman–Crippen MR) is 75.1 cm³/mol. The van der Waals surface area contributed by atoms with Gasteiger partial charge >= 0.3 is 5.97 Å². The number of aliphatic carboxylic acids is 1. The van der Waals surface area contributed by atoms with Crippen molar-refractivity contribution in [2.45, 2.75) is 31.8 Å². The summed E-state index contributed by atoms with van der Waals surface area (Å²) in [5, 5.41) is 11.3. The molecule has 2 rings (SSSR count). The fourth-order valence-electron chi connectivity index (χ4n) is 2.54. The fraction of sp³-hybridized carbons (Fsp3) is 0.467. The van der Waals surface area contributed by atoms with Crippen LogP contribution < -0.4 is 5.32 Å². The Hall–Kier alpha value is -1.88. The van der Waals surface area contributed by atoms with Gasteiger partial charge in [0.1, 0.15) is 0 Å². The Labute approximate surface area is 118 Å². The van der Waals surface area contributed by atoms with E-state index in [1.807, 2.05) is 18.2 Å². The zero-order valence-corrected chi connectivity index (χ0v) is 11.4. The van der Waals surface area contributed by atoms with Gasteiger partial charge in [-0.15, -0.1) is 0 Å². The summed E-state index contributed by atoms with van der Waals surface area (Å²) in [6.45, 7) is 1.87. The lowest BCUT2D eigenvalue weighted by Gasteiger charge is -2.23. The Morgan fingerprint density at radius 1 is 1.30 bits per heavy atom. The molecule has 0 radical (unpaired) electrons. The summed E-state index contributed by atoms with van der Waals surface area (Å²) in [5.74, 6) is -0.947. The molecule has 1 aromatic rings. The quantitative estimate of drug-likeness (QED) is 0.820. The maximum absolute atomic E-state index is 12.1. The molecule has 2 N–H and O–H groups in total. The van der Waals surface area contributed by atoms with Crippen LogP contribution in [-0.4, -0.2) is 41.0 Å². The first-order chi connectivity index (χ1) is 9.66. The highest BCUT2D eigenvalue weighted by Crippen LogP contribution is 2.20. The van der Waals surface area contributed by atoms with Gasteiger partial charge in [-0.3, -0.25) is 14.5 Å². The van der Waals surface area contributed by atoms with Crippen LogP contribution in [0.2, 0.25) is 0 Å². The third-order valence-corrected chi connectivity index (χ3v) is 3.53. The van der Waals surface area contributed by atoms with E-state index in [2.05, 4.69) is 22.3 Å². The van der Waals surface area contributed by atoms with Gasteiger partial charge in [0.25, 0.3) is 0 Å². The Bertz CT molecular complexity index is 461. The fourth-order valence-corrected chi connectivity index (χ4v) is 2.54. The third-order valence-electron chi connectivity index (χ3n) is 3.53. The van der Waals surface area contributed by atoms with Crippen LogP contribution in [0.5, 0.6) is 0 Å². The minimum Gasteiger partial charge on any atom is -0.481 e. The van der Waals surface area contributed by atoms with Crippen molar-refractivity contribution < 1.29 is 14.7 Å². The maximum Gasteiger partial charge on any atom is 0.305 e. The van der Waals surface area contributed by atoms with Crippen molar-refractivity contribution in [3.05, 3.63) is 35.9 Å². The number of nitrogens with zero attached hydrogens (tertiary/aromatic N) is 1. The molecule has 5 heteroatoms. The highest BCUT2D eigenvalue weighted by atomic mass is 16.4. The number of carboxylic acids is 1. The van der Waals surface area contributed by atoms with Crippen molar-refractivity contribution in [3.63, 3.8) is 0 Å². The second-order valence-corrected chi connectivity index (χ2v) is 5.05. The lowest BCUT2D eigenvalue weighted by molar-refractivity contribution is -0.137. The number of likely N-dealkylation sites (tertiary alicyclic amines) is 1. The summed E-state index contributed by atoms with van der Waals surface area (Å²) < 4.78 is 0. The van der Waals surface area contributed by atoms with Gasteiger partial charge in [-0.25, -0.2) is 0 Å². The van der Waals surface area contributed by atoms with Crippen LogP contribution in [0.4, 0.5) is 0 Å².